The van der Waals surface area contributed by atoms with Crippen LogP contribution in [0, 0.1) is 0 Å². The molecule has 0 bridgehead atoms. The predicted molar refractivity (Wildman–Crippen MR) is 82.2 cm³/mol. The molecule has 0 radical (unpaired) electrons. The van der Waals surface area contributed by atoms with E-state index in [9.17, 15) is 4.79 Å². The van der Waals surface area contributed by atoms with Gasteiger partial charge in [-0.05, 0) is 31.0 Å². The minimum absolute atomic E-state index is 0.170. The molecule has 0 aliphatic rings. The molecule has 0 unspecified atom stereocenters. The number of hydrogen-bond acceptors (Lipinski definition) is 3. The normalized spacial score (nSPS) is 10.6. The summed E-state index contributed by atoms with van der Waals surface area (Å²) in [5, 5.41) is 7.49. The molecule has 2 aromatic rings. The molecule has 2 rings (SSSR count). The summed E-state index contributed by atoms with van der Waals surface area (Å²) in [4.78, 5) is 18.4. The third-order valence-corrected chi connectivity index (χ3v) is 3.38. The molecule has 0 saturated heterocycles. The third kappa shape index (κ3) is 4.04. The Labute approximate surface area is 129 Å². The minimum atomic E-state index is -0.170. The zero-order chi connectivity index (χ0) is 15.2. The molecule has 0 aliphatic heterocycles. The van der Waals surface area contributed by atoms with Gasteiger partial charge in [0.2, 0.25) is 5.82 Å². The summed E-state index contributed by atoms with van der Waals surface area (Å²) in [5.74, 6) is 0.804. The van der Waals surface area contributed by atoms with Gasteiger partial charge in [0.1, 0.15) is 5.82 Å². The van der Waals surface area contributed by atoms with Crippen LogP contribution in [0.1, 0.15) is 42.3 Å². The second kappa shape index (κ2) is 7.22. The first kappa shape index (κ1) is 15.5. The maximum Gasteiger partial charge on any atom is 0.293 e. The number of aryl methyl sites for hydroxylation is 1. The number of hydrogen-bond donors (Lipinski definition) is 1. The van der Waals surface area contributed by atoms with Crippen molar-refractivity contribution in [2.24, 2.45) is 0 Å². The van der Waals surface area contributed by atoms with Crippen molar-refractivity contribution < 1.29 is 4.79 Å². The van der Waals surface area contributed by atoms with E-state index in [1.165, 1.54) is 0 Å². The van der Waals surface area contributed by atoms with Gasteiger partial charge in [0, 0.05) is 24.5 Å². The highest BCUT2D eigenvalue weighted by atomic mass is 35.5. The smallest absolute Gasteiger partial charge is 0.293 e. The van der Waals surface area contributed by atoms with E-state index >= 15 is 0 Å². The lowest BCUT2D eigenvalue weighted by atomic mass is 10.2. The lowest BCUT2D eigenvalue weighted by Crippen LogP contribution is -2.31. The molecule has 0 atom stereocenters. The van der Waals surface area contributed by atoms with Crippen LogP contribution in [-0.4, -0.2) is 32.5 Å². The number of aromatic nitrogens is 3. The van der Waals surface area contributed by atoms with Gasteiger partial charge in [0.25, 0.3) is 5.91 Å². The molecular formula is C15H19ClN4O. The number of aromatic amines is 1. The molecule has 6 heteroatoms. The first-order valence-electron chi connectivity index (χ1n) is 7.09. The van der Waals surface area contributed by atoms with Crippen molar-refractivity contribution in [3.05, 3.63) is 46.5 Å². The minimum Gasteiger partial charge on any atom is -0.332 e. The lowest BCUT2D eigenvalue weighted by Gasteiger charge is -2.19. The first-order valence-corrected chi connectivity index (χ1v) is 7.46. The summed E-state index contributed by atoms with van der Waals surface area (Å²) < 4.78 is 0. The summed E-state index contributed by atoms with van der Waals surface area (Å²) in [6.07, 6.45) is 1.75. The Kier molecular flexibility index (Phi) is 5.33. The Bertz CT molecular complexity index is 611. The topological polar surface area (TPSA) is 61.9 Å². The Morgan fingerprint density at radius 1 is 1.38 bits per heavy atom. The van der Waals surface area contributed by atoms with Crippen LogP contribution < -0.4 is 0 Å². The van der Waals surface area contributed by atoms with Crippen LogP contribution in [0.2, 0.25) is 5.02 Å². The number of nitrogens with zero attached hydrogens (tertiary/aromatic N) is 3. The van der Waals surface area contributed by atoms with Crippen molar-refractivity contribution in [2.75, 3.05) is 6.54 Å². The van der Waals surface area contributed by atoms with E-state index in [1.54, 1.807) is 4.90 Å². The molecule has 1 aromatic carbocycles. The van der Waals surface area contributed by atoms with Crippen LogP contribution in [0.5, 0.6) is 0 Å². The lowest BCUT2D eigenvalue weighted by molar-refractivity contribution is 0.0740. The van der Waals surface area contributed by atoms with Crippen molar-refractivity contribution in [1.82, 2.24) is 20.1 Å². The van der Waals surface area contributed by atoms with E-state index in [1.807, 2.05) is 31.2 Å². The van der Waals surface area contributed by atoms with Crippen LogP contribution >= 0.6 is 11.6 Å². The molecule has 1 heterocycles. The standard InChI is InChI=1S/C15H19ClN4O/c1-3-6-13-17-14(19-18-13)15(21)20(4-2)10-11-7-5-8-12(16)9-11/h5,7-9H,3-4,6,10H2,1-2H3,(H,17,18,19). The number of amides is 1. The van der Waals surface area contributed by atoms with E-state index in [4.69, 9.17) is 11.6 Å². The number of carbonyl (C=O) groups is 1. The van der Waals surface area contributed by atoms with Crippen molar-refractivity contribution >= 4 is 17.5 Å². The number of benzene rings is 1. The monoisotopic (exact) mass is 306 g/mol. The molecule has 0 spiro atoms. The van der Waals surface area contributed by atoms with Crippen LogP contribution in [0.15, 0.2) is 24.3 Å². The van der Waals surface area contributed by atoms with Crippen LogP contribution in [0.3, 0.4) is 0 Å². The number of nitrogens with one attached hydrogen (secondary N) is 1. The van der Waals surface area contributed by atoms with Gasteiger partial charge in [-0.3, -0.25) is 9.89 Å². The van der Waals surface area contributed by atoms with Crippen LogP contribution in [0.25, 0.3) is 0 Å². The largest absolute Gasteiger partial charge is 0.332 e. The van der Waals surface area contributed by atoms with E-state index in [0.717, 1.165) is 24.2 Å². The SMILES string of the molecule is CCCc1nc(C(=O)N(CC)Cc2cccc(Cl)c2)n[nH]1. The highest BCUT2D eigenvalue weighted by Crippen LogP contribution is 2.13. The van der Waals surface area contributed by atoms with Gasteiger partial charge in [0.15, 0.2) is 0 Å². The van der Waals surface area contributed by atoms with Gasteiger partial charge in [0.05, 0.1) is 0 Å². The fraction of sp³-hybridized carbons (Fsp3) is 0.400. The summed E-state index contributed by atoms with van der Waals surface area (Å²) in [6.45, 7) is 5.07. The van der Waals surface area contributed by atoms with E-state index in [0.29, 0.717) is 18.1 Å². The Balaban J connectivity index is 2.10. The van der Waals surface area contributed by atoms with Gasteiger partial charge in [-0.25, -0.2) is 4.98 Å². The average Bonchev–Trinajstić information content (AvgIpc) is 2.93. The summed E-state index contributed by atoms with van der Waals surface area (Å²) >= 11 is 5.97. The fourth-order valence-electron chi connectivity index (χ4n) is 2.06. The van der Waals surface area contributed by atoms with Gasteiger partial charge in [-0.15, -0.1) is 5.10 Å². The summed E-state index contributed by atoms with van der Waals surface area (Å²) in [5.41, 5.74) is 0.988. The molecule has 1 aromatic heterocycles. The zero-order valence-electron chi connectivity index (χ0n) is 12.3. The van der Waals surface area contributed by atoms with Crippen molar-refractivity contribution in [3.63, 3.8) is 0 Å². The van der Waals surface area contributed by atoms with Gasteiger partial charge in [-0.2, -0.15) is 0 Å². The van der Waals surface area contributed by atoms with Crippen LogP contribution in [0.4, 0.5) is 0 Å². The second-order valence-corrected chi connectivity index (χ2v) is 5.24. The molecule has 1 N–H and O–H groups in total. The maximum absolute atomic E-state index is 12.4. The number of rotatable bonds is 6. The molecule has 21 heavy (non-hydrogen) atoms. The first-order chi connectivity index (χ1) is 10.1. The second-order valence-electron chi connectivity index (χ2n) is 4.80. The highest BCUT2D eigenvalue weighted by Gasteiger charge is 2.19. The third-order valence-electron chi connectivity index (χ3n) is 3.14. The van der Waals surface area contributed by atoms with Gasteiger partial charge in [-0.1, -0.05) is 30.7 Å². The predicted octanol–water partition coefficient (Wildman–Crippen LogP) is 3.07. The van der Waals surface area contributed by atoms with Crippen molar-refractivity contribution in [2.45, 2.75) is 33.2 Å². The van der Waals surface area contributed by atoms with Crippen molar-refractivity contribution in [3.8, 4) is 0 Å². The summed E-state index contributed by atoms with van der Waals surface area (Å²) in [6, 6.07) is 7.50. The molecule has 5 nitrogen and oxygen atoms in total. The average molecular weight is 307 g/mol. The molecule has 0 saturated carbocycles. The Hall–Kier alpha value is -1.88. The molecule has 0 fully saturated rings. The quantitative estimate of drug-likeness (QED) is 0.892. The molecular weight excluding hydrogens is 288 g/mol. The zero-order valence-corrected chi connectivity index (χ0v) is 13.0. The molecule has 0 aliphatic carbocycles. The van der Waals surface area contributed by atoms with Crippen LogP contribution in [-0.2, 0) is 13.0 Å². The Morgan fingerprint density at radius 3 is 2.86 bits per heavy atom. The van der Waals surface area contributed by atoms with E-state index < -0.39 is 0 Å². The molecule has 1 amide bonds. The Morgan fingerprint density at radius 2 is 2.19 bits per heavy atom. The summed E-state index contributed by atoms with van der Waals surface area (Å²) in [7, 11) is 0. The number of halogens is 1. The van der Waals surface area contributed by atoms with E-state index in [-0.39, 0.29) is 11.7 Å². The van der Waals surface area contributed by atoms with E-state index in [2.05, 4.69) is 22.1 Å². The van der Waals surface area contributed by atoms with Crippen molar-refractivity contribution in [1.29, 1.82) is 0 Å². The van der Waals surface area contributed by atoms with Gasteiger partial charge < -0.3 is 4.90 Å². The highest BCUT2D eigenvalue weighted by molar-refractivity contribution is 6.30. The number of H-pyrrole nitrogens is 1. The van der Waals surface area contributed by atoms with Gasteiger partial charge >= 0.3 is 0 Å². The molecule has 112 valence electrons. The fourth-order valence-corrected chi connectivity index (χ4v) is 2.28. The maximum atomic E-state index is 12.4. The number of carbonyl (C=O) groups excluding carboxylic acids is 1.